The van der Waals surface area contributed by atoms with Crippen LogP contribution < -0.4 is 25.0 Å². The number of benzene rings is 3. The first kappa shape index (κ1) is 30.1. The van der Waals surface area contributed by atoms with Gasteiger partial charge in [0.1, 0.15) is 43.6 Å². The molecule has 11 nitrogen and oxygen atoms in total. The molecule has 12 heteroatoms. The minimum Gasteiger partial charge on any atom is -0.490 e. The standard InChI is InChI=1S/C32H30FN3O8/c1-3-40-31(38)24-16-36-19(2)17-43-29-26(36)23(27(24)37)15-25(33)28(29)42-14-13-41-22-11-9-21(10-12-22)30(34)35-32(39)44-18-20-7-5-4-6-8-20/h4-12,15-16,19H,3,13-14,17-18H2,1-2H3,(H2,34,35,39)/t19-/m1/s1. The highest BCUT2D eigenvalue weighted by atomic mass is 19.1. The van der Waals surface area contributed by atoms with Crippen molar-refractivity contribution < 1.29 is 37.7 Å². The molecule has 228 valence electrons. The van der Waals surface area contributed by atoms with Gasteiger partial charge >= 0.3 is 12.1 Å². The van der Waals surface area contributed by atoms with Gasteiger partial charge in [-0.05, 0) is 49.7 Å². The highest BCUT2D eigenvalue weighted by molar-refractivity contribution is 6.04. The molecule has 5 rings (SSSR count). The second-order valence-corrected chi connectivity index (χ2v) is 9.86. The third kappa shape index (κ3) is 6.48. The van der Waals surface area contributed by atoms with E-state index in [0.29, 0.717) is 16.8 Å². The number of hydrogen-bond acceptors (Lipinski definition) is 9. The predicted molar refractivity (Wildman–Crippen MR) is 158 cm³/mol. The lowest BCUT2D eigenvalue weighted by Gasteiger charge is -2.28. The monoisotopic (exact) mass is 603 g/mol. The molecule has 2 N–H and O–H groups in total. The number of nitrogens with one attached hydrogen (secondary N) is 2. The van der Waals surface area contributed by atoms with Crippen LogP contribution >= 0.6 is 0 Å². The number of ether oxygens (including phenoxy) is 5. The predicted octanol–water partition coefficient (Wildman–Crippen LogP) is 4.98. The Labute approximate surface area is 251 Å². The summed E-state index contributed by atoms with van der Waals surface area (Å²) >= 11 is 0. The second-order valence-electron chi connectivity index (χ2n) is 9.86. The van der Waals surface area contributed by atoms with Gasteiger partial charge in [0.15, 0.2) is 17.3 Å². The van der Waals surface area contributed by atoms with Crippen LogP contribution in [0.1, 0.15) is 41.4 Å². The normalized spacial score (nSPS) is 13.5. The van der Waals surface area contributed by atoms with Crippen molar-refractivity contribution in [2.45, 2.75) is 26.5 Å². The van der Waals surface area contributed by atoms with Crippen LogP contribution in [0.5, 0.6) is 17.2 Å². The molecule has 4 aromatic rings. The summed E-state index contributed by atoms with van der Waals surface area (Å²) in [5.74, 6) is -1.36. The number of aromatic nitrogens is 1. The third-order valence-electron chi connectivity index (χ3n) is 6.80. The Balaban J connectivity index is 1.19. The number of halogens is 1. The molecule has 1 aliphatic heterocycles. The van der Waals surface area contributed by atoms with Crippen LogP contribution in [0.3, 0.4) is 0 Å². The van der Waals surface area contributed by atoms with Gasteiger partial charge in [0.2, 0.25) is 5.43 Å². The van der Waals surface area contributed by atoms with E-state index in [1.807, 2.05) is 37.3 Å². The van der Waals surface area contributed by atoms with Crippen molar-refractivity contribution in [3.63, 3.8) is 0 Å². The van der Waals surface area contributed by atoms with Crippen molar-refractivity contribution in [1.82, 2.24) is 9.88 Å². The summed E-state index contributed by atoms with van der Waals surface area (Å²) in [6, 6.07) is 16.4. The maximum absolute atomic E-state index is 15.2. The van der Waals surface area contributed by atoms with Crippen molar-refractivity contribution in [2.24, 2.45) is 0 Å². The number of esters is 1. The smallest absolute Gasteiger partial charge is 0.413 e. The molecule has 44 heavy (non-hydrogen) atoms. The Kier molecular flexibility index (Phi) is 9.08. The molecule has 0 unspecified atom stereocenters. The Morgan fingerprint density at radius 2 is 1.80 bits per heavy atom. The average molecular weight is 604 g/mol. The van der Waals surface area contributed by atoms with E-state index in [0.717, 1.165) is 11.6 Å². The number of carbonyl (C=O) groups is 2. The number of amidine groups is 1. The van der Waals surface area contributed by atoms with Crippen LogP contribution in [0.4, 0.5) is 9.18 Å². The number of rotatable bonds is 10. The highest BCUT2D eigenvalue weighted by Gasteiger charge is 2.29. The summed E-state index contributed by atoms with van der Waals surface area (Å²) in [6.45, 7) is 3.83. The van der Waals surface area contributed by atoms with Gasteiger partial charge in [0.05, 0.1) is 23.6 Å². The fraction of sp³-hybridized carbons (Fsp3) is 0.250. The summed E-state index contributed by atoms with van der Waals surface area (Å²) in [5.41, 5.74) is 0.758. The van der Waals surface area contributed by atoms with Crippen LogP contribution in [-0.2, 0) is 16.1 Å². The molecule has 1 aromatic heterocycles. The molecule has 0 spiro atoms. The summed E-state index contributed by atoms with van der Waals surface area (Å²) < 4.78 is 44.2. The Morgan fingerprint density at radius 3 is 2.52 bits per heavy atom. The molecule has 3 aromatic carbocycles. The number of amides is 1. The van der Waals surface area contributed by atoms with Crippen molar-refractivity contribution in [3.05, 3.63) is 99.6 Å². The van der Waals surface area contributed by atoms with Crippen molar-refractivity contribution >= 4 is 28.8 Å². The summed E-state index contributed by atoms with van der Waals surface area (Å²) in [5, 5.41) is 10.5. The first-order valence-electron chi connectivity index (χ1n) is 13.9. The summed E-state index contributed by atoms with van der Waals surface area (Å²) in [4.78, 5) is 37.4. The number of pyridine rings is 1. The molecule has 0 saturated carbocycles. The minimum atomic E-state index is -0.815. The highest BCUT2D eigenvalue weighted by Crippen LogP contribution is 2.41. The van der Waals surface area contributed by atoms with Gasteiger partial charge < -0.3 is 28.3 Å². The number of alkyl carbamates (subject to hydrolysis) is 1. The Morgan fingerprint density at radius 1 is 1.07 bits per heavy atom. The zero-order valence-electron chi connectivity index (χ0n) is 24.1. The van der Waals surface area contributed by atoms with E-state index < -0.39 is 23.3 Å². The van der Waals surface area contributed by atoms with Crippen LogP contribution in [-0.4, -0.2) is 48.9 Å². The first-order chi connectivity index (χ1) is 21.3. The van der Waals surface area contributed by atoms with E-state index in [2.05, 4.69) is 5.32 Å². The molecule has 0 saturated heterocycles. The number of nitrogens with zero attached hydrogens (tertiary/aromatic N) is 1. The fourth-order valence-corrected chi connectivity index (χ4v) is 4.64. The quantitative estimate of drug-likeness (QED) is 0.112. The van der Waals surface area contributed by atoms with Gasteiger partial charge in [-0.25, -0.2) is 14.0 Å². The number of carbonyl (C=O) groups excluding carboxylic acids is 2. The number of hydrogen-bond donors (Lipinski definition) is 2. The lowest BCUT2D eigenvalue weighted by molar-refractivity contribution is 0.0523. The summed E-state index contributed by atoms with van der Waals surface area (Å²) in [7, 11) is 0. The van der Waals surface area contributed by atoms with Gasteiger partial charge in [-0.2, -0.15) is 0 Å². The van der Waals surface area contributed by atoms with Crippen molar-refractivity contribution in [1.29, 1.82) is 5.41 Å². The lowest BCUT2D eigenvalue weighted by Crippen LogP contribution is -2.30. The zero-order chi connectivity index (χ0) is 31.2. The van der Waals surface area contributed by atoms with Crippen molar-refractivity contribution in [2.75, 3.05) is 26.4 Å². The van der Waals surface area contributed by atoms with Crippen LogP contribution in [0.15, 0.2) is 71.7 Å². The maximum Gasteiger partial charge on any atom is 0.413 e. The zero-order valence-corrected chi connectivity index (χ0v) is 24.1. The molecule has 0 aliphatic carbocycles. The van der Waals surface area contributed by atoms with Crippen LogP contribution in [0, 0.1) is 11.2 Å². The lowest BCUT2D eigenvalue weighted by atomic mass is 10.1. The third-order valence-corrected chi connectivity index (χ3v) is 6.80. The van der Waals surface area contributed by atoms with Gasteiger partial charge in [0.25, 0.3) is 0 Å². The topological polar surface area (TPSA) is 138 Å². The maximum atomic E-state index is 15.2. The molecule has 0 bridgehead atoms. The second kappa shape index (κ2) is 13.3. The molecule has 1 amide bonds. The van der Waals surface area contributed by atoms with E-state index >= 15 is 4.39 Å². The molecule has 2 heterocycles. The van der Waals surface area contributed by atoms with Gasteiger partial charge in [-0.3, -0.25) is 15.5 Å². The van der Waals surface area contributed by atoms with E-state index in [-0.39, 0.29) is 67.4 Å². The van der Waals surface area contributed by atoms with E-state index in [1.54, 1.807) is 35.8 Å². The van der Waals surface area contributed by atoms with Crippen LogP contribution in [0.25, 0.3) is 10.9 Å². The SMILES string of the molecule is CCOC(=O)c1cn2c3c(c(OCCOc4ccc(C(=N)NC(=O)OCc5ccccc5)cc4)c(F)cc3c1=O)OC[C@H]2C. The Hall–Kier alpha value is -5.39. The minimum absolute atomic E-state index is 0.0113. The molecule has 0 fully saturated rings. The van der Waals surface area contributed by atoms with Gasteiger partial charge in [-0.1, -0.05) is 30.3 Å². The molecule has 1 aliphatic rings. The molecular weight excluding hydrogens is 573 g/mol. The summed E-state index contributed by atoms with van der Waals surface area (Å²) in [6.07, 6.45) is 0.669. The van der Waals surface area contributed by atoms with Crippen LogP contribution in [0.2, 0.25) is 0 Å². The van der Waals surface area contributed by atoms with E-state index in [4.69, 9.17) is 29.1 Å². The van der Waals surface area contributed by atoms with Gasteiger partial charge in [0, 0.05) is 11.8 Å². The molecule has 1 atom stereocenters. The largest absolute Gasteiger partial charge is 0.490 e. The Bertz CT molecular complexity index is 1760. The average Bonchev–Trinajstić information content (AvgIpc) is 3.02. The molecular formula is C32H30FN3O8. The first-order valence-corrected chi connectivity index (χ1v) is 13.9. The fourth-order valence-electron chi connectivity index (χ4n) is 4.64. The van der Waals surface area contributed by atoms with E-state index in [1.165, 1.54) is 6.20 Å². The van der Waals surface area contributed by atoms with E-state index in [9.17, 15) is 14.4 Å². The molecule has 0 radical (unpaired) electrons. The van der Waals surface area contributed by atoms with Gasteiger partial charge in [-0.15, -0.1) is 0 Å². The van der Waals surface area contributed by atoms with Crippen molar-refractivity contribution in [3.8, 4) is 17.2 Å².